The lowest BCUT2D eigenvalue weighted by atomic mass is 9.88. The number of benzene rings is 1. The van der Waals surface area contributed by atoms with E-state index < -0.39 is 53.6 Å². The van der Waals surface area contributed by atoms with Gasteiger partial charge in [-0.25, -0.2) is 4.79 Å². The van der Waals surface area contributed by atoms with E-state index in [1.807, 2.05) is 6.92 Å². The minimum Gasteiger partial charge on any atom is -0.460 e. The Kier molecular flexibility index (Phi) is 18.7. The Hall–Kier alpha value is -4.92. The predicted molar refractivity (Wildman–Crippen MR) is 199 cm³/mol. The van der Waals surface area contributed by atoms with Crippen molar-refractivity contribution in [1.29, 1.82) is 0 Å². The summed E-state index contributed by atoms with van der Waals surface area (Å²) in [6.45, 7) is 11.5. The van der Waals surface area contributed by atoms with E-state index in [9.17, 15) is 38.4 Å². The van der Waals surface area contributed by atoms with Gasteiger partial charge in [-0.05, 0) is 57.1 Å². The van der Waals surface area contributed by atoms with Crippen molar-refractivity contribution in [3.8, 4) is 0 Å². The van der Waals surface area contributed by atoms with E-state index in [4.69, 9.17) is 15.2 Å². The van der Waals surface area contributed by atoms with E-state index in [1.165, 1.54) is 4.90 Å². The van der Waals surface area contributed by atoms with Gasteiger partial charge >= 0.3 is 12.0 Å². The molecule has 0 saturated carbocycles. The molecular formula is C39H57N5O10. The van der Waals surface area contributed by atoms with Crippen LogP contribution in [0.2, 0.25) is 0 Å². The number of rotatable bonds is 24. The van der Waals surface area contributed by atoms with Crippen molar-refractivity contribution in [3.63, 3.8) is 0 Å². The van der Waals surface area contributed by atoms with Crippen LogP contribution in [0.5, 0.6) is 0 Å². The van der Waals surface area contributed by atoms with Crippen molar-refractivity contribution in [1.82, 2.24) is 20.4 Å². The molecule has 15 heteroatoms. The van der Waals surface area contributed by atoms with E-state index in [1.54, 1.807) is 58.9 Å². The van der Waals surface area contributed by atoms with Gasteiger partial charge in [0, 0.05) is 63.6 Å². The van der Waals surface area contributed by atoms with Crippen molar-refractivity contribution in [2.24, 2.45) is 23.0 Å². The zero-order valence-electron chi connectivity index (χ0n) is 32.4. The molecule has 0 spiro atoms. The van der Waals surface area contributed by atoms with Gasteiger partial charge in [0.05, 0.1) is 18.1 Å². The van der Waals surface area contributed by atoms with Crippen LogP contribution in [0.25, 0.3) is 0 Å². The molecule has 1 heterocycles. The van der Waals surface area contributed by atoms with E-state index in [2.05, 4.69) is 10.6 Å². The Balaban J connectivity index is 2.09. The zero-order valence-corrected chi connectivity index (χ0v) is 32.4. The molecule has 0 unspecified atom stereocenters. The van der Waals surface area contributed by atoms with Crippen LogP contribution in [0.1, 0.15) is 84.8 Å². The summed E-state index contributed by atoms with van der Waals surface area (Å²) in [5.41, 5.74) is 5.98. The van der Waals surface area contributed by atoms with Crippen molar-refractivity contribution >= 4 is 47.2 Å². The van der Waals surface area contributed by atoms with Gasteiger partial charge in [-0.2, -0.15) is 0 Å². The number of ether oxygens (including phenoxy) is 2. The van der Waals surface area contributed by atoms with Gasteiger partial charge in [-0.1, -0.05) is 45.0 Å². The number of hydrogen-bond donors (Lipinski definition) is 3. The third kappa shape index (κ3) is 16.0. The monoisotopic (exact) mass is 755 g/mol. The second kappa shape index (κ2) is 22.3. The first-order chi connectivity index (χ1) is 25.4. The van der Waals surface area contributed by atoms with Crippen molar-refractivity contribution in [2.45, 2.75) is 92.7 Å². The number of esters is 1. The summed E-state index contributed by atoms with van der Waals surface area (Å²) in [6.07, 6.45) is 3.29. The molecule has 2 rings (SSSR count). The van der Waals surface area contributed by atoms with E-state index in [0.29, 0.717) is 18.6 Å². The van der Waals surface area contributed by atoms with Gasteiger partial charge in [0.2, 0.25) is 11.8 Å². The second-order valence-corrected chi connectivity index (χ2v) is 14.7. The van der Waals surface area contributed by atoms with Crippen LogP contribution in [0.15, 0.2) is 36.4 Å². The lowest BCUT2D eigenvalue weighted by molar-refractivity contribution is -0.154. The molecule has 1 aliphatic heterocycles. The van der Waals surface area contributed by atoms with Gasteiger partial charge in [-0.3, -0.25) is 38.5 Å². The molecule has 0 aliphatic carbocycles. The predicted octanol–water partition coefficient (Wildman–Crippen LogP) is 2.62. The molecule has 1 aliphatic rings. The topological polar surface area (TPSA) is 212 Å². The first-order valence-corrected chi connectivity index (χ1v) is 18.4. The van der Waals surface area contributed by atoms with E-state index in [-0.39, 0.29) is 82.0 Å². The Morgan fingerprint density at radius 3 is 2.13 bits per heavy atom. The number of hydrogen-bond acceptors (Lipinski definition) is 10. The number of amides is 6. The van der Waals surface area contributed by atoms with Crippen LogP contribution in [0, 0.1) is 17.3 Å². The van der Waals surface area contributed by atoms with Gasteiger partial charge in [-0.15, -0.1) is 0 Å². The van der Waals surface area contributed by atoms with Crippen LogP contribution >= 0.6 is 0 Å². The minimum absolute atomic E-state index is 0.00194. The fourth-order valence-corrected chi connectivity index (χ4v) is 5.40. The quantitative estimate of drug-likeness (QED) is 0.0798. The molecule has 54 heavy (non-hydrogen) atoms. The molecule has 1 aromatic carbocycles. The first kappa shape index (κ1) is 45.2. The van der Waals surface area contributed by atoms with Crippen molar-refractivity contribution in [2.75, 3.05) is 39.4 Å². The summed E-state index contributed by atoms with van der Waals surface area (Å²) in [6, 6.07) is 5.40. The number of nitrogens with one attached hydrogen (secondary N) is 2. The van der Waals surface area contributed by atoms with Gasteiger partial charge in [0.25, 0.3) is 11.8 Å². The maximum atomic E-state index is 13.7. The molecular weight excluding hydrogens is 698 g/mol. The van der Waals surface area contributed by atoms with E-state index >= 15 is 0 Å². The number of nitrogens with two attached hydrogens (primary N) is 1. The number of imide groups is 1. The number of urea groups is 1. The number of carbonyl (C=O) groups excluding carboxylic acids is 8. The summed E-state index contributed by atoms with van der Waals surface area (Å²) in [4.78, 5) is 103. The number of Topliss-reactive ketones (excluding diaryl/α,β-unsaturated/α-hetero) is 2. The highest BCUT2D eigenvalue weighted by atomic mass is 16.5. The maximum absolute atomic E-state index is 13.7. The molecule has 298 valence electrons. The molecule has 0 fully saturated rings. The Morgan fingerprint density at radius 1 is 0.926 bits per heavy atom. The molecule has 6 amide bonds. The highest BCUT2D eigenvalue weighted by Crippen LogP contribution is 2.20. The standard InChI is InChI=1S/C39H57N5O10/c1-7-20-53-21-19-43(35(49)24-44-33(47)14-15-34(44)48)18-16-29(45)23-30(26(2)3)36(50)42-31(9-8-17-41-38(40)52)32(46)22-27-10-12-28(13-11-27)25-54-37(51)39(4,5)6/h10-15,26,30-31H,7-9,16-25H2,1-6H3,(H,42,50)(H3,40,41,52)/t30-,31-/m0/s1. The number of nitrogens with zero attached hydrogens (tertiary/aromatic N) is 2. The average Bonchev–Trinajstić information content (AvgIpc) is 3.42. The van der Waals surface area contributed by atoms with E-state index in [0.717, 1.165) is 29.0 Å². The van der Waals surface area contributed by atoms with Crippen molar-refractivity contribution in [3.05, 3.63) is 47.5 Å². The smallest absolute Gasteiger partial charge is 0.312 e. The number of ketones is 2. The molecule has 0 aromatic heterocycles. The second-order valence-electron chi connectivity index (χ2n) is 14.7. The average molecular weight is 756 g/mol. The largest absolute Gasteiger partial charge is 0.460 e. The van der Waals surface area contributed by atoms with Gasteiger partial charge < -0.3 is 30.7 Å². The fourth-order valence-electron chi connectivity index (χ4n) is 5.40. The first-order valence-electron chi connectivity index (χ1n) is 18.4. The van der Waals surface area contributed by atoms with Crippen molar-refractivity contribution < 1.29 is 47.8 Å². The lowest BCUT2D eigenvalue weighted by Gasteiger charge is -2.26. The maximum Gasteiger partial charge on any atom is 0.312 e. The number of carbonyl (C=O) groups is 8. The minimum atomic E-state index is -0.919. The third-order valence-corrected chi connectivity index (χ3v) is 8.71. The highest BCUT2D eigenvalue weighted by molar-refractivity contribution is 6.14. The van der Waals surface area contributed by atoms with Gasteiger partial charge in [0.15, 0.2) is 5.78 Å². The third-order valence-electron chi connectivity index (χ3n) is 8.71. The van der Waals surface area contributed by atoms with Gasteiger partial charge in [0.1, 0.15) is 18.9 Å². The zero-order chi connectivity index (χ0) is 40.4. The summed E-state index contributed by atoms with van der Waals surface area (Å²) in [7, 11) is 0. The van der Waals surface area contributed by atoms with Crippen LogP contribution in [0.3, 0.4) is 0 Å². The fraction of sp³-hybridized carbons (Fsp3) is 0.590. The molecule has 0 saturated heterocycles. The normalized spacial score (nSPS) is 13.8. The summed E-state index contributed by atoms with van der Waals surface area (Å²) in [5, 5.41) is 5.32. The lowest BCUT2D eigenvalue weighted by Crippen LogP contribution is -2.46. The van der Waals surface area contributed by atoms with Crippen LogP contribution in [0.4, 0.5) is 4.79 Å². The summed E-state index contributed by atoms with van der Waals surface area (Å²) < 4.78 is 10.9. The Morgan fingerprint density at radius 2 is 1.56 bits per heavy atom. The Labute approximate surface area is 317 Å². The Bertz CT molecular complexity index is 1500. The molecule has 2 atom stereocenters. The highest BCUT2D eigenvalue weighted by Gasteiger charge is 2.31. The number of primary amides is 1. The van der Waals surface area contributed by atoms with Crippen LogP contribution in [-0.4, -0.2) is 102 Å². The summed E-state index contributed by atoms with van der Waals surface area (Å²) in [5.74, 6) is -4.12. The molecule has 1 aromatic rings. The molecule has 0 radical (unpaired) electrons. The van der Waals surface area contributed by atoms with Crippen LogP contribution < -0.4 is 16.4 Å². The van der Waals surface area contributed by atoms with Crippen LogP contribution in [-0.2, 0) is 56.1 Å². The molecule has 4 N–H and O–H groups in total. The molecule has 15 nitrogen and oxygen atoms in total. The SMILES string of the molecule is CCCOCCN(CCC(=O)C[C@H](C(=O)N[C@@H](CCCNC(N)=O)C(=O)Cc1ccc(COC(=O)C(C)(C)C)cc1)C(C)C)C(=O)CN1C(=O)C=CC1=O. The molecule has 0 bridgehead atoms. The summed E-state index contributed by atoms with van der Waals surface area (Å²) >= 11 is 0.